The number of likely N-dealkylation sites (tertiary alicyclic amines) is 1. The van der Waals surface area contributed by atoms with Crippen LogP contribution < -0.4 is 15.6 Å². The van der Waals surface area contributed by atoms with E-state index in [2.05, 4.69) is 61.3 Å². The molecule has 29 heavy (non-hydrogen) atoms. The van der Waals surface area contributed by atoms with Crippen molar-refractivity contribution in [2.45, 2.75) is 25.3 Å². The number of aromatic nitrogens is 3. The van der Waals surface area contributed by atoms with Gasteiger partial charge in [-0.05, 0) is 61.8 Å². The third kappa shape index (κ3) is 3.97. The summed E-state index contributed by atoms with van der Waals surface area (Å²) in [5.74, 6) is 1.69. The van der Waals surface area contributed by atoms with Gasteiger partial charge in [0.05, 0.1) is 11.7 Å². The van der Waals surface area contributed by atoms with Crippen LogP contribution in [0.3, 0.4) is 0 Å². The third-order valence-corrected chi connectivity index (χ3v) is 5.72. The molecule has 0 saturated carbocycles. The molecule has 0 bridgehead atoms. The Kier molecular flexibility index (Phi) is 5.15. The number of hydrogen-bond acceptors (Lipinski definition) is 6. The molecule has 1 aromatic heterocycles. The topological polar surface area (TPSA) is 78.1 Å². The lowest BCUT2D eigenvalue weighted by atomic mass is 9.97. The lowest BCUT2D eigenvalue weighted by Crippen LogP contribution is -2.33. The number of nitrogens with one attached hydrogen (secondary N) is 3. The highest BCUT2D eigenvalue weighted by Gasteiger charge is 2.24. The van der Waals surface area contributed by atoms with Crippen molar-refractivity contribution in [1.82, 2.24) is 25.5 Å². The number of ether oxygens (including phenoxy) is 1. The Balaban J connectivity index is 1.30. The second-order valence-electron chi connectivity index (χ2n) is 7.66. The molecule has 5 rings (SSSR count). The average Bonchev–Trinajstić information content (AvgIpc) is 3.44. The normalized spacial score (nSPS) is 19.0. The minimum atomic E-state index is 0.0542. The van der Waals surface area contributed by atoms with Gasteiger partial charge in [-0.15, -0.1) is 0 Å². The summed E-state index contributed by atoms with van der Waals surface area (Å²) in [7, 11) is 0. The van der Waals surface area contributed by atoms with Gasteiger partial charge < -0.3 is 10.2 Å². The molecular weight excluding hydrogens is 364 g/mol. The zero-order valence-corrected chi connectivity index (χ0v) is 16.4. The SMILES string of the molecule is c1cc(OCCN2CCCCC2)cc(C2NNc3ccc(-c4ncn[nH]4)cc32)c1. The fourth-order valence-corrected chi connectivity index (χ4v) is 4.16. The summed E-state index contributed by atoms with van der Waals surface area (Å²) in [4.78, 5) is 6.76. The maximum atomic E-state index is 6.07. The van der Waals surface area contributed by atoms with Crippen LogP contribution in [0.1, 0.15) is 36.4 Å². The number of nitrogens with zero attached hydrogens (tertiary/aromatic N) is 3. The summed E-state index contributed by atoms with van der Waals surface area (Å²) in [6, 6.07) is 14.7. The van der Waals surface area contributed by atoms with Gasteiger partial charge in [-0.25, -0.2) is 10.4 Å². The summed E-state index contributed by atoms with van der Waals surface area (Å²) in [6.07, 6.45) is 5.51. The molecule has 0 amide bonds. The molecule has 7 nitrogen and oxygen atoms in total. The Labute approximate surface area is 170 Å². The van der Waals surface area contributed by atoms with E-state index in [9.17, 15) is 0 Å². The molecule has 1 unspecified atom stereocenters. The molecule has 0 spiro atoms. The van der Waals surface area contributed by atoms with Gasteiger partial charge >= 0.3 is 0 Å². The van der Waals surface area contributed by atoms with Crippen molar-refractivity contribution in [3.8, 4) is 17.1 Å². The van der Waals surface area contributed by atoms with Gasteiger partial charge in [-0.1, -0.05) is 18.6 Å². The van der Waals surface area contributed by atoms with E-state index in [1.54, 1.807) is 0 Å². The first-order valence-electron chi connectivity index (χ1n) is 10.3. The zero-order chi connectivity index (χ0) is 19.5. The average molecular weight is 390 g/mol. The Morgan fingerprint density at radius 2 is 2.00 bits per heavy atom. The Morgan fingerprint density at radius 1 is 1.07 bits per heavy atom. The molecule has 2 aliphatic heterocycles. The molecule has 1 fully saturated rings. The number of hydrogen-bond donors (Lipinski definition) is 3. The van der Waals surface area contributed by atoms with Crippen molar-refractivity contribution in [2.75, 3.05) is 31.7 Å². The predicted octanol–water partition coefficient (Wildman–Crippen LogP) is 3.36. The lowest BCUT2D eigenvalue weighted by Gasteiger charge is -2.26. The number of piperidine rings is 1. The van der Waals surface area contributed by atoms with E-state index in [0.717, 1.165) is 36.0 Å². The number of anilines is 1. The van der Waals surface area contributed by atoms with Gasteiger partial charge in [0.1, 0.15) is 18.7 Å². The van der Waals surface area contributed by atoms with Crippen molar-refractivity contribution < 1.29 is 4.74 Å². The second-order valence-corrected chi connectivity index (χ2v) is 7.66. The van der Waals surface area contributed by atoms with Gasteiger partial charge in [0, 0.05) is 17.7 Å². The first-order chi connectivity index (χ1) is 14.4. The van der Waals surface area contributed by atoms with E-state index in [-0.39, 0.29) is 6.04 Å². The van der Waals surface area contributed by atoms with Crippen molar-refractivity contribution in [2.24, 2.45) is 0 Å². The van der Waals surface area contributed by atoms with Gasteiger partial charge in [-0.2, -0.15) is 5.10 Å². The molecule has 2 aromatic carbocycles. The lowest BCUT2D eigenvalue weighted by molar-refractivity contribution is 0.183. The van der Waals surface area contributed by atoms with Crippen LogP contribution in [0.25, 0.3) is 11.4 Å². The highest BCUT2D eigenvalue weighted by atomic mass is 16.5. The molecule has 2 aliphatic rings. The van der Waals surface area contributed by atoms with E-state index >= 15 is 0 Å². The Morgan fingerprint density at radius 3 is 2.86 bits per heavy atom. The van der Waals surface area contributed by atoms with Gasteiger partial charge in [0.25, 0.3) is 0 Å². The van der Waals surface area contributed by atoms with E-state index in [0.29, 0.717) is 0 Å². The smallest absolute Gasteiger partial charge is 0.155 e. The molecular formula is C22H26N6O. The van der Waals surface area contributed by atoms with Crippen LogP contribution in [-0.2, 0) is 0 Å². The van der Waals surface area contributed by atoms with Crippen LogP contribution in [0.2, 0.25) is 0 Å². The molecule has 3 aromatic rings. The Hall–Kier alpha value is -2.90. The number of H-pyrrole nitrogens is 1. The van der Waals surface area contributed by atoms with Crippen LogP contribution >= 0.6 is 0 Å². The highest BCUT2D eigenvalue weighted by molar-refractivity contribution is 5.67. The standard InChI is InChI=1S/C22H26N6O/c1-2-9-28(10-3-1)11-12-29-18-6-4-5-16(13-18)21-19-14-17(22-23-15-24-27-22)7-8-20(19)25-26-21/h4-8,13-15,21,25-26H,1-3,9-12H2,(H,23,24,27). The number of hydrazine groups is 1. The Bertz CT molecular complexity index is 952. The second kappa shape index (κ2) is 8.23. The van der Waals surface area contributed by atoms with Crippen LogP contribution in [0.4, 0.5) is 5.69 Å². The molecule has 0 radical (unpaired) electrons. The number of benzene rings is 2. The van der Waals surface area contributed by atoms with E-state index in [1.807, 2.05) is 12.1 Å². The molecule has 150 valence electrons. The highest BCUT2D eigenvalue weighted by Crippen LogP contribution is 2.36. The van der Waals surface area contributed by atoms with Crippen LogP contribution in [-0.4, -0.2) is 46.3 Å². The van der Waals surface area contributed by atoms with Gasteiger partial charge in [0.15, 0.2) is 5.82 Å². The fraction of sp³-hybridized carbons (Fsp3) is 0.364. The third-order valence-electron chi connectivity index (χ3n) is 5.72. The van der Waals surface area contributed by atoms with E-state index < -0.39 is 0 Å². The monoisotopic (exact) mass is 390 g/mol. The van der Waals surface area contributed by atoms with Crippen LogP contribution in [0, 0.1) is 0 Å². The minimum absolute atomic E-state index is 0.0542. The predicted molar refractivity (Wildman–Crippen MR) is 113 cm³/mol. The first-order valence-corrected chi connectivity index (χ1v) is 10.3. The number of aromatic amines is 1. The molecule has 3 heterocycles. The molecule has 7 heteroatoms. The van der Waals surface area contributed by atoms with E-state index in [4.69, 9.17) is 4.74 Å². The van der Waals surface area contributed by atoms with Crippen LogP contribution in [0.15, 0.2) is 48.8 Å². The van der Waals surface area contributed by atoms with Crippen molar-refractivity contribution in [3.63, 3.8) is 0 Å². The maximum absolute atomic E-state index is 6.07. The molecule has 1 saturated heterocycles. The summed E-state index contributed by atoms with van der Waals surface area (Å²) in [6.45, 7) is 4.12. The molecule has 1 atom stereocenters. The van der Waals surface area contributed by atoms with E-state index in [1.165, 1.54) is 49.8 Å². The fourth-order valence-electron chi connectivity index (χ4n) is 4.16. The van der Waals surface area contributed by atoms with Gasteiger partial charge in [-0.3, -0.25) is 10.00 Å². The zero-order valence-electron chi connectivity index (χ0n) is 16.4. The summed E-state index contributed by atoms with van der Waals surface area (Å²) in [5, 5.41) is 6.89. The summed E-state index contributed by atoms with van der Waals surface area (Å²) < 4.78 is 6.07. The minimum Gasteiger partial charge on any atom is -0.492 e. The van der Waals surface area contributed by atoms with Gasteiger partial charge in [0.2, 0.25) is 0 Å². The summed E-state index contributed by atoms with van der Waals surface area (Å²) >= 11 is 0. The summed E-state index contributed by atoms with van der Waals surface area (Å²) in [5.41, 5.74) is 11.1. The molecule has 0 aliphatic carbocycles. The van der Waals surface area contributed by atoms with Crippen molar-refractivity contribution in [1.29, 1.82) is 0 Å². The largest absolute Gasteiger partial charge is 0.492 e. The quantitative estimate of drug-likeness (QED) is 0.599. The molecule has 3 N–H and O–H groups in total. The first kappa shape index (κ1) is 18.1. The maximum Gasteiger partial charge on any atom is 0.155 e. The number of rotatable bonds is 6. The van der Waals surface area contributed by atoms with Crippen molar-refractivity contribution in [3.05, 3.63) is 59.9 Å². The van der Waals surface area contributed by atoms with Crippen LogP contribution in [0.5, 0.6) is 5.75 Å². The van der Waals surface area contributed by atoms with Crippen molar-refractivity contribution >= 4 is 5.69 Å². The number of fused-ring (bicyclic) bond motifs is 1.